The quantitative estimate of drug-likeness (QED) is 0.892. The molecule has 1 saturated carbocycles. The Morgan fingerprint density at radius 2 is 1.95 bits per heavy atom. The normalized spacial score (nSPS) is 16.4. The lowest BCUT2D eigenvalue weighted by atomic mass is 9.89. The van der Waals surface area contributed by atoms with Crippen molar-refractivity contribution in [2.45, 2.75) is 52.5 Å². The van der Waals surface area contributed by atoms with Gasteiger partial charge in [0.25, 0.3) is 0 Å². The molecule has 1 aromatic rings. The first-order valence-electron chi connectivity index (χ1n) is 7.94. The lowest BCUT2D eigenvalue weighted by Gasteiger charge is -2.29. The van der Waals surface area contributed by atoms with E-state index in [1.165, 1.54) is 49.0 Å². The summed E-state index contributed by atoms with van der Waals surface area (Å²) in [7, 11) is 4.21. The highest BCUT2D eigenvalue weighted by Gasteiger charge is 2.18. The van der Waals surface area contributed by atoms with Gasteiger partial charge in [0, 0.05) is 31.4 Å². The van der Waals surface area contributed by atoms with Crippen LogP contribution in [0.2, 0.25) is 0 Å². The minimum absolute atomic E-state index is 0.846. The smallest absolute Gasteiger partial charge is 0.133 e. The van der Waals surface area contributed by atoms with Gasteiger partial charge in [-0.25, -0.2) is 4.98 Å². The Morgan fingerprint density at radius 3 is 2.60 bits per heavy atom. The molecule has 1 aliphatic rings. The van der Waals surface area contributed by atoms with E-state index in [-0.39, 0.29) is 0 Å². The van der Waals surface area contributed by atoms with Gasteiger partial charge >= 0.3 is 0 Å². The van der Waals surface area contributed by atoms with Crippen molar-refractivity contribution < 1.29 is 0 Å². The SMILES string of the molecule is CNCc1c(C)cc(C)nc1N(C)CC1CCCCC1. The van der Waals surface area contributed by atoms with E-state index < -0.39 is 0 Å². The summed E-state index contributed by atoms with van der Waals surface area (Å²) in [6.07, 6.45) is 7.00. The molecule has 1 N–H and O–H groups in total. The maximum atomic E-state index is 4.80. The van der Waals surface area contributed by atoms with Crippen molar-refractivity contribution in [1.82, 2.24) is 10.3 Å². The standard InChI is InChI=1S/C17H29N3/c1-13-10-14(2)19-17(16(13)11-18-3)20(4)12-15-8-6-5-7-9-15/h10,15,18H,5-9,11-12H2,1-4H3. The molecule has 0 bridgehead atoms. The van der Waals surface area contributed by atoms with Crippen LogP contribution in [0.5, 0.6) is 0 Å². The highest BCUT2D eigenvalue weighted by atomic mass is 15.2. The van der Waals surface area contributed by atoms with E-state index in [4.69, 9.17) is 4.98 Å². The average Bonchev–Trinajstić information content (AvgIpc) is 2.42. The van der Waals surface area contributed by atoms with Crippen molar-refractivity contribution in [3.8, 4) is 0 Å². The van der Waals surface area contributed by atoms with Gasteiger partial charge < -0.3 is 10.2 Å². The second-order valence-corrected chi connectivity index (χ2v) is 6.30. The zero-order chi connectivity index (χ0) is 14.5. The van der Waals surface area contributed by atoms with Crippen LogP contribution in [-0.2, 0) is 6.54 Å². The Balaban J connectivity index is 2.16. The molecule has 3 nitrogen and oxygen atoms in total. The second-order valence-electron chi connectivity index (χ2n) is 6.30. The summed E-state index contributed by atoms with van der Waals surface area (Å²) in [6, 6.07) is 2.19. The summed E-state index contributed by atoms with van der Waals surface area (Å²) in [5.41, 5.74) is 3.81. The Bertz CT molecular complexity index is 436. The second kappa shape index (κ2) is 7.07. The minimum atomic E-state index is 0.846. The average molecular weight is 275 g/mol. The van der Waals surface area contributed by atoms with Gasteiger partial charge in [0.15, 0.2) is 0 Å². The Kier molecular flexibility index (Phi) is 5.41. The molecule has 0 amide bonds. The van der Waals surface area contributed by atoms with Gasteiger partial charge in [-0.2, -0.15) is 0 Å². The van der Waals surface area contributed by atoms with Gasteiger partial charge in [-0.1, -0.05) is 19.3 Å². The van der Waals surface area contributed by atoms with E-state index in [1.54, 1.807) is 0 Å². The summed E-state index contributed by atoms with van der Waals surface area (Å²) in [5, 5.41) is 3.28. The van der Waals surface area contributed by atoms with E-state index in [0.29, 0.717) is 0 Å². The first-order chi connectivity index (χ1) is 9.61. The number of nitrogens with one attached hydrogen (secondary N) is 1. The maximum Gasteiger partial charge on any atom is 0.133 e. The third kappa shape index (κ3) is 3.72. The molecule has 1 aromatic heterocycles. The number of nitrogens with zero attached hydrogens (tertiary/aromatic N) is 2. The fraction of sp³-hybridized carbons (Fsp3) is 0.706. The molecular weight excluding hydrogens is 246 g/mol. The number of aryl methyl sites for hydroxylation is 2. The zero-order valence-electron chi connectivity index (χ0n) is 13.5. The molecule has 1 aliphatic carbocycles. The number of aromatic nitrogens is 1. The molecule has 112 valence electrons. The highest BCUT2D eigenvalue weighted by molar-refractivity contribution is 5.51. The minimum Gasteiger partial charge on any atom is -0.359 e. The molecule has 20 heavy (non-hydrogen) atoms. The Hall–Kier alpha value is -1.09. The summed E-state index contributed by atoms with van der Waals surface area (Å²) >= 11 is 0. The van der Waals surface area contributed by atoms with Crippen LogP contribution in [0.25, 0.3) is 0 Å². The summed E-state index contributed by atoms with van der Waals surface area (Å²) in [5.74, 6) is 2.02. The number of rotatable bonds is 5. The van der Waals surface area contributed by atoms with Crippen molar-refractivity contribution in [2.75, 3.05) is 25.5 Å². The van der Waals surface area contributed by atoms with Crippen molar-refractivity contribution in [1.29, 1.82) is 0 Å². The zero-order valence-corrected chi connectivity index (χ0v) is 13.5. The molecule has 0 atom stereocenters. The fourth-order valence-corrected chi connectivity index (χ4v) is 3.40. The van der Waals surface area contributed by atoms with Crippen molar-refractivity contribution in [3.63, 3.8) is 0 Å². The molecule has 1 heterocycles. The first-order valence-corrected chi connectivity index (χ1v) is 7.94. The molecule has 0 spiro atoms. The van der Waals surface area contributed by atoms with Gasteiger partial charge in [-0.15, -0.1) is 0 Å². The third-order valence-electron chi connectivity index (χ3n) is 4.43. The molecule has 0 aromatic carbocycles. The molecule has 1 fully saturated rings. The van der Waals surface area contributed by atoms with Crippen LogP contribution in [0.4, 0.5) is 5.82 Å². The van der Waals surface area contributed by atoms with Crippen LogP contribution < -0.4 is 10.2 Å². The van der Waals surface area contributed by atoms with E-state index in [9.17, 15) is 0 Å². The number of pyridine rings is 1. The molecule has 3 heteroatoms. The highest BCUT2D eigenvalue weighted by Crippen LogP contribution is 2.27. The van der Waals surface area contributed by atoms with Crippen molar-refractivity contribution in [2.24, 2.45) is 5.92 Å². The predicted molar refractivity (Wildman–Crippen MR) is 86.3 cm³/mol. The van der Waals surface area contributed by atoms with Gasteiger partial charge in [0.1, 0.15) is 5.82 Å². The van der Waals surface area contributed by atoms with E-state index in [0.717, 1.165) is 24.7 Å². The van der Waals surface area contributed by atoms with Crippen LogP contribution in [-0.4, -0.2) is 25.6 Å². The number of anilines is 1. The summed E-state index contributed by atoms with van der Waals surface area (Å²) in [6.45, 7) is 6.32. The van der Waals surface area contributed by atoms with Gasteiger partial charge in [-0.05, 0) is 51.3 Å². The van der Waals surface area contributed by atoms with Crippen LogP contribution in [0, 0.1) is 19.8 Å². The molecule has 2 rings (SSSR count). The van der Waals surface area contributed by atoms with Gasteiger partial charge in [0.05, 0.1) is 0 Å². The lowest BCUT2D eigenvalue weighted by molar-refractivity contribution is 0.361. The van der Waals surface area contributed by atoms with Gasteiger partial charge in [-0.3, -0.25) is 0 Å². The largest absolute Gasteiger partial charge is 0.359 e. The van der Waals surface area contributed by atoms with Crippen molar-refractivity contribution >= 4 is 5.82 Å². The Morgan fingerprint density at radius 1 is 1.25 bits per heavy atom. The van der Waals surface area contributed by atoms with E-state index >= 15 is 0 Å². The third-order valence-corrected chi connectivity index (χ3v) is 4.43. The summed E-state index contributed by atoms with van der Waals surface area (Å²) < 4.78 is 0. The fourth-order valence-electron chi connectivity index (χ4n) is 3.40. The Labute approximate surface area is 123 Å². The van der Waals surface area contributed by atoms with Crippen molar-refractivity contribution in [3.05, 3.63) is 22.9 Å². The molecule has 0 radical (unpaired) electrons. The monoisotopic (exact) mass is 275 g/mol. The molecule has 0 saturated heterocycles. The predicted octanol–water partition coefficient (Wildman–Crippen LogP) is 3.43. The van der Waals surface area contributed by atoms with E-state index in [1.807, 2.05) is 7.05 Å². The van der Waals surface area contributed by atoms with Crippen LogP contribution in [0.1, 0.15) is 48.9 Å². The molecular formula is C17H29N3. The van der Waals surface area contributed by atoms with Crippen LogP contribution >= 0.6 is 0 Å². The number of hydrogen-bond acceptors (Lipinski definition) is 3. The van der Waals surface area contributed by atoms with E-state index in [2.05, 4.69) is 37.2 Å². The van der Waals surface area contributed by atoms with Crippen LogP contribution in [0.3, 0.4) is 0 Å². The molecule has 0 unspecified atom stereocenters. The number of hydrogen-bond donors (Lipinski definition) is 1. The van der Waals surface area contributed by atoms with Gasteiger partial charge in [0.2, 0.25) is 0 Å². The lowest BCUT2D eigenvalue weighted by Crippen LogP contribution is -2.29. The molecule has 0 aliphatic heterocycles. The summed E-state index contributed by atoms with van der Waals surface area (Å²) in [4.78, 5) is 7.18. The first kappa shape index (κ1) is 15.3. The maximum absolute atomic E-state index is 4.80. The topological polar surface area (TPSA) is 28.2 Å². The van der Waals surface area contributed by atoms with Crippen LogP contribution in [0.15, 0.2) is 6.07 Å².